The van der Waals surface area contributed by atoms with Crippen LogP contribution in [0.25, 0.3) is 0 Å². The van der Waals surface area contributed by atoms with Gasteiger partial charge in [-0.3, -0.25) is 0 Å². The standard InChI is InChI=1S/C11H17NO3/c1-7-9(14-2)4-5-10(15-3)11(7)8(13)6-12/h4-5,8,13H,6,12H2,1-3H3. The lowest BCUT2D eigenvalue weighted by molar-refractivity contribution is 0.180. The molecule has 0 saturated carbocycles. The van der Waals surface area contributed by atoms with Crippen molar-refractivity contribution in [2.45, 2.75) is 13.0 Å². The number of aliphatic hydroxyl groups is 1. The van der Waals surface area contributed by atoms with E-state index in [-0.39, 0.29) is 6.54 Å². The summed E-state index contributed by atoms with van der Waals surface area (Å²) in [6.45, 7) is 2.03. The molecule has 1 unspecified atom stereocenters. The van der Waals surface area contributed by atoms with Crippen molar-refractivity contribution in [2.75, 3.05) is 20.8 Å². The Morgan fingerprint density at radius 1 is 1.27 bits per heavy atom. The summed E-state index contributed by atoms with van der Waals surface area (Å²) in [7, 11) is 3.15. The van der Waals surface area contributed by atoms with Gasteiger partial charge in [0.05, 0.1) is 20.3 Å². The zero-order valence-corrected chi connectivity index (χ0v) is 9.28. The maximum Gasteiger partial charge on any atom is 0.125 e. The SMILES string of the molecule is COc1ccc(OC)c(C(O)CN)c1C. The third kappa shape index (κ3) is 2.22. The molecular formula is C11H17NO3. The van der Waals surface area contributed by atoms with Gasteiger partial charge in [0.15, 0.2) is 0 Å². The fraction of sp³-hybridized carbons (Fsp3) is 0.455. The molecule has 3 N–H and O–H groups in total. The molecule has 1 rings (SSSR count). The first-order valence-electron chi connectivity index (χ1n) is 4.75. The Kier molecular flexibility index (Phi) is 3.94. The summed E-state index contributed by atoms with van der Waals surface area (Å²) in [4.78, 5) is 0. The first-order chi connectivity index (χ1) is 7.15. The molecule has 0 fully saturated rings. The fourth-order valence-electron chi connectivity index (χ4n) is 1.61. The van der Waals surface area contributed by atoms with E-state index in [9.17, 15) is 5.11 Å². The van der Waals surface area contributed by atoms with Gasteiger partial charge < -0.3 is 20.3 Å². The zero-order valence-electron chi connectivity index (χ0n) is 9.28. The summed E-state index contributed by atoms with van der Waals surface area (Å²) in [5.41, 5.74) is 6.99. The van der Waals surface area contributed by atoms with Gasteiger partial charge in [-0.2, -0.15) is 0 Å². The lowest BCUT2D eigenvalue weighted by atomic mass is 10.0. The minimum atomic E-state index is -0.727. The number of methoxy groups -OCH3 is 2. The van der Waals surface area contributed by atoms with Gasteiger partial charge in [-0.1, -0.05) is 0 Å². The predicted octanol–water partition coefficient (Wildman–Crippen LogP) is 1.00. The van der Waals surface area contributed by atoms with E-state index in [1.54, 1.807) is 26.4 Å². The highest BCUT2D eigenvalue weighted by atomic mass is 16.5. The van der Waals surface area contributed by atoms with E-state index >= 15 is 0 Å². The van der Waals surface area contributed by atoms with Crippen molar-refractivity contribution in [2.24, 2.45) is 5.73 Å². The maximum atomic E-state index is 9.78. The van der Waals surface area contributed by atoms with Crippen molar-refractivity contribution in [3.63, 3.8) is 0 Å². The average Bonchev–Trinajstić information content (AvgIpc) is 2.27. The van der Waals surface area contributed by atoms with Crippen LogP contribution in [0, 0.1) is 6.92 Å². The number of benzene rings is 1. The molecule has 0 amide bonds. The topological polar surface area (TPSA) is 64.7 Å². The molecule has 0 radical (unpaired) electrons. The van der Waals surface area contributed by atoms with Crippen molar-refractivity contribution in [1.82, 2.24) is 0 Å². The summed E-state index contributed by atoms with van der Waals surface area (Å²) in [6.07, 6.45) is -0.727. The van der Waals surface area contributed by atoms with E-state index in [4.69, 9.17) is 15.2 Å². The second-order valence-electron chi connectivity index (χ2n) is 3.26. The summed E-state index contributed by atoms with van der Waals surface area (Å²) >= 11 is 0. The smallest absolute Gasteiger partial charge is 0.125 e. The Morgan fingerprint density at radius 2 is 1.80 bits per heavy atom. The molecule has 0 aromatic heterocycles. The van der Waals surface area contributed by atoms with Gasteiger partial charge in [-0.05, 0) is 19.1 Å². The van der Waals surface area contributed by atoms with Crippen LogP contribution in [0.5, 0.6) is 11.5 Å². The molecule has 1 aromatic carbocycles. The Morgan fingerprint density at radius 3 is 2.27 bits per heavy atom. The third-order valence-electron chi connectivity index (χ3n) is 2.42. The summed E-state index contributed by atoms with van der Waals surface area (Å²) in [5.74, 6) is 1.35. The molecule has 0 aliphatic carbocycles. The van der Waals surface area contributed by atoms with Crippen LogP contribution in [-0.4, -0.2) is 25.9 Å². The van der Waals surface area contributed by atoms with Gasteiger partial charge >= 0.3 is 0 Å². The second kappa shape index (κ2) is 5.00. The Labute approximate surface area is 89.6 Å². The summed E-state index contributed by atoms with van der Waals surface area (Å²) in [6, 6.07) is 3.57. The molecule has 0 aliphatic heterocycles. The average molecular weight is 211 g/mol. The molecule has 0 heterocycles. The Balaban J connectivity index is 3.29. The fourth-order valence-corrected chi connectivity index (χ4v) is 1.61. The van der Waals surface area contributed by atoms with Crippen molar-refractivity contribution in [3.05, 3.63) is 23.3 Å². The van der Waals surface area contributed by atoms with E-state index in [0.717, 1.165) is 11.3 Å². The first kappa shape index (κ1) is 11.8. The first-order valence-corrected chi connectivity index (χ1v) is 4.75. The summed E-state index contributed by atoms with van der Waals surface area (Å²) < 4.78 is 10.3. The van der Waals surface area contributed by atoms with Gasteiger partial charge in [-0.25, -0.2) is 0 Å². The number of rotatable bonds is 4. The molecule has 4 heteroatoms. The lowest BCUT2D eigenvalue weighted by Gasteiger charge is -2.18. The number of hydrogen-bond donors (Lipinski definition) is 2. The van der Waals surface area contributed by atoms with Crippen molar-refractivity contribution in [1.29, 1.82) is 0 Å². The van der Waals surface area contributed by atoms with E-state index in [1.165, 1.54) is 0 Å². The van der Waals surface area contributed by atoms with Crippen LogP contribution in [0.3, 0.4) is 0 Å². The molecule has 0 bridgehead atoms. The lowest BCUT2D eigenvalue weighted by Crippen LogP contribution is -2.14. The van der Waals surface area contributed by atoms with E-state index in [2.05, 4.69) is 0 Å². The van der Waals surface area contributed by atoms with Gasteiger partial charge in [0.2, 0.25) is 0 Å². The van der Waals surface area contributed by atoms with E-state index in [0.29, 0.717) is 11.3 Å². The van der Waals surface area contributed by atoms with E-state index < -0.39 is 6.10 Å². The van der Waals surface area contributed by atoms with Gasteiger partial charge in [0.1, 0.15) is 11.5 Å². The maximum absolute atomic E-state index is 9.78. The van der Waals surface area contributed by atoms with Crippen molar-refractivity contribution < 1.29 is 14.6 Å². The molecule has 0 saturated heterocycles. The van der Waals surface area contributed by atoms with Crippen molar-refractivity contribution in [3.8, 4) is 11.5 Å². The van der Waals surface area contributed by atoms with Gasteiger partial charge in [-0.15, -0.1) is 0 Å². The van der Waals surface area contributed by atoms with Crippen LogP contribution < -0.4 is 15.2 Å². The number of aliphatic hydroxyl groups excluding tert-OH is 1. The molecule has 1 aromatic rings. The molecule has 0 spiro atoms. The second-order valence-corrected chi connectivity index (χ2v) is 3.26. The van der Waals surface area contributed by atoms with Crippen LogP contribution in [0.15, 0.2) is 12.1 Å². The Hall–Kier alpha value is -1.26. The molecule has 1 atom stereocenters. The third-order valence-corrected chi connectivity index (χ3v) is 2.42. The largest absolute Gasteiger partial charge is 0.496 e. The summed E-state index contributed by atoms with van der Waals surface area (Å²) in [5, 5.41) is 9.78. The van der Waals surface area contributed by atoms with Crippen molar-refractivity contribution >= 4 is 0 Å². The monoisotopic (exact) mass is 211 g/mol. The molecule has 4 nitrogen and oxygen atoms in total. The van der Waals surface area contributed by atoms with Gasteiger partial charge in [0.25, 0.3) is 0 Å². The number of ether oxygens (including phenoxy) is 2. The number of hydrogen-bond acceptors (Lipinski definition) is 4. The highest BCUT2D eigenvalue weighted by Gasteiger charge is 2.17. The molecular weight excluding hydrogens is 194 g/mol. The Bertz CT molecular complexity index is 339. The normalized spacial score (nSPS) is 12.3. The minimum absolute atomic E-state index is 0.157. The molecule has 15 heavy (non-hydrogen) atoms. The van der Waals surface area contributed by atoms with Crippen LogP contribution in [-0.2, 0) is 0 Å². The highest BCUT2D eigenvalue weighted by Crippen LogP contribution is 2.33. The predicted molar refractivity (Wildman–Crippen MR) is 58.3 cm³/mol. The van der Waals surface area contributed by atoms with Crippen LogP contribution in [0.1, 0.15) is 17.2 Å². The quantitative estimate of drug-likeness (QED) is 0.780. The van der Waals surface area contributed by atoms with Crippen LogP contribution >= 0.6 is 0 Å². The molecule has 84 valence electrons. The van der Waals surface area contributed by atoms with Crippen LogP contribution in [0.4, 0.5) is 0 Å². The minimum Gasteiger partial charge on any atom is -0.496 e. The highest BCUT2D eigenvalue weighted by molar-refractivity contribution is 5.49. The number of nitrogens with two attached hydrogens (primary N) is 1. The van der Waals surface area contributed by atoms with Crippen LogP contribution in [0.2, 0.25) is 0 Å². The van der Waals surface area contributed by atoms with E-state index in [1.807, 2.05) is 6.92 Å². The molecule has 0 aliphatic rings. The zero-order chi connectivity index (χ0) is 11.4. The van der Waals surface area contributed by atoms with Gasteiger partial charge in [0, 0.05) is 17.7 Å².